The van der Waals surface area contributed by atoms with Crippen molar-refractivity contribution in [2.75, 3.05) is 0 Å². The van der Waals surface area contributed by atoms with Gasteiger partial charge >= 0.3 is 5.69 Å². The number of nitro groups is 1. The van der Waals surface area contributed by atoms with E-state index in [1.54, 1.807) is 0 Å². The fourth-order valence-corrected chi connectivity index (χ4v) is 1.43. The number of hydrogen-bond donors (Lipinski definition) is 1. The van der Waals surface area contributed by atoms with Crippen LogP contribution in [0.1, 0.15) is 10.4 Å². The Hall–Kier alpha value is -1.33. The van der Waals surface area contributed by atoms with E-state index < -0.39 is 16.5 Å². The standard InChI is InChI=1S/C7H4Cl2N2O3/c8-3-1-2-4(9)6(11(13)14)5(3)7(10)12/h1-2H,(H2,10,12). The summed E-state index contributed by atoms with van der Waals surface area (Å²) in [6.07, 6.45) is 0. The Morgan fingerprint density at radius 2 is 1.86 bits per heavy atom. The van der Waals surface area contributed by atoms with E-state index in [0.717, 1.165) is 0 Å². The highest BCUT2D eigenvalue weighted by atomic mass is 35.5. The SMILES string of the molecule is NC(=O)c1c(Cl)ccc(Cl)c1[N+](=O)[O-]. The van der Waals surface area contributed by atoms with Gasteiger partial charge in [-0.2, -0.15) is 0 Å². The zero-order valence-corrected chi connectivity index (χ0v) is 8.17. The highest BCUT2D eigenvalue weighted by molar-refractivity contribution is 6.37. The van der Waals surface area contributed by atoms with E-state index >= 15 is 0 Å². The first-order valence-corrected chi connectivity index (χ1v) is 4.13. The average Bonchev–Trinajstić information content (AvgIpc) is 2.07. The summed E-state index contributed by atoms with van der Waals surface area (Å²) in [6.45, 7) is 0. The van der Waals surface area contributed by atoms with E-state index in [9.17, 15) is 14.9 Å². The van der Waals surface area contributed by atoms with Crippen LogP contribution in [0.25, 0.3) is 0 Å². The number of nitro benzene ring substituents is 1. The second-order valence-electron chi connectivity index (χ2n) is 2.37. The predicted octanol–water partition coefficient (Wildman–Crippen LogP) is 2.00. The number of hydrogen-bond acceptors (Lipinski definition) is 3. The average molecular weight is 235 g/mol. The fraction of sp³-hybridized carbons (Fsp3) is 0. The number of nitrogens with two attached hydrogens (primary N) is 1. The predicted molar refractivity (Wildman–Crippen MR) is 51.6 cm³/mol. The fourth-order valence-electron chi connectivity index (χ4n) is 0.954. The van der Waals surface area contributed by atoms with Crippen molar-refractivity contribution in [3.63, 3.8) is 0 Å². The number of nitrogens with zero attached hydrogens (tertiary/aromatic N) is 1. The van der Waals surface area contributed by atoms with Gasteiger partial charge in [0.2, 0.25) is 0 Å². The molecule has 0 heterocycles. The molecule has 1 aromatic carbocycles. The number of primary amides is 1. The summed E-state index contributed by atoms with van der Waals surface area (Å²) in [5, 5.41) is 10.3. The molecule has 0 bridgehead atoms. The van der Waals surface area contributed by atoms with Gasteiger partial charge in [0.25, 0.3) is 5.91 Å². The van der Waals surface area contributed by atoms with Gasteiger partial charge in [0.05, 0.1) is 9.95 Å². The second kappa shape index (κ2) is 3.81. The Morgan fingerprint density at radius 3 is 2.21 bits per heavy atom. The molecule has 14 heavy (non-hydrogen) atoms. The molecule has 0 atom stereocenters. The van der Waals surface area contributed by atoms with Crippen molar-refractivity contribution in [2.24, 2.45) is 5.73 Å². The normalized spacial score (nSPS) is 9.86. The van der Waals surface area contributed by atoms with E-state index in [2.05, 4.69) is 0 Å². The molecule has 1 aromatic rings. The lowest BCUT2D eigenvalue weighted by molar-refractivity contribution is -0.385. The maximum Gasteiger partial charge on any atom is 0.302 e. The van der Waals surface area contributed by atoms with Crippen molar-refractivity contribution < 1.29 is 9.72 Å². The summed E-state index contributed by atoms with van der Waals surface area (Å²) in [4.78, 5) is 20.6. The lowest BCUT2D eigenvalue weighted by Gasteiger charge is -2.02. The highest BCUT2D eigenvalue weighted by Crippen LogP contribution is 2.32. The van der Waals surface area contributed by atoms with Gasteiger partial charge in [-0.15, -0.1) is 0 Å². The van der Waals surface area contributed by atoms with Crippen LogP contribution < -0.4 is 5.73 Å². The molecule has 0 aliphatic carbocycles. The lowest BCUT2D eigenvalue weighted by Crippen LogP contribution is -2.14. The Morgan fingerprint density at radius 1 is 1.36 bits per heavy atom. The van der Waals surface area contributed by atoms with Gasteiger partial charge < -0.3 is 5.73 Å². The van der Waals surface area contributed by atoms with Crippen molar-refractivity contribution in [1.29, 1.82) is 0 Å². The quantitative estimate of drug-likeness (QED) is 0.628. The van der Waals surface area contributed by atoms with E-state index in [4.69, 9.17) is 28.9 Å². The van der Waals surface area contributed by atoms with Crippen LogP contribution >= 0.6 is 23.2 Å². The lowest BCUT2D eigenvalue weighted by atomic mass is 10.1. The molecule has 5 nitrogen and oxygen atoms in total. The van der Waals surface area contributed by atoms with Crippen molar-refractivity contribution >= 4 is 34.8 Å². The third-order valence-electron chi connectivity index (χ3n) is 1.51. The molecule has 7 heteroatoms. The van der Waals surface area contributed by atoms with Crippen LogP contribution in [-0.2, 0) is 0 Å². The van der Waals surface area contributed by atoms with E-state index in [1.807, 2.05) is 0 Å². The zero-order chi connectivity index (χ0) is 10.9. The number of carbonyl (C=O) groups excluding carboxylic acids is 1. The Kier molecular flexibility index (Phi) is 2.93. The van der Waals surface area contributed by atoms with Gasteiger partial charge in [-0.05, 0) is 12.1 Å². The van der Waals surface area contributed by atoms with Crippen LogP contribution in [0.2, 0.25) is 10.0 Å². The molecule has 0 aliphatic rings. The number of benzene rings is 1. The molecule has 0 aromatic heterocycles. The maximum atomic E-state index is 10.9. The molecular formula is C7H4Cl2N2O3. The van der Waals surface area contributed by atoms with Gasteiger partial charge in [-0.25, -0.2) is 0 Å². The Balaban J connectivity index is 3.58. The van der Waals surface area contributed by atoms with Crippen molar-refractivity contribution in [3.8, 4) is 0 Å². The molecular weight excluding hydrogens is 231 g/mol. The van der Waals surface area contributed by atoms with E-state index in [1.165, 1.54) is 12.1 Å². The Labute approximate surface area is 88.6 Å². The summed E-state index contributed by atoms with van der Waals surface area (Å²) < 4.78 is 0. The third-order valence-corrected chi connectivity index (χ3v) is 2.13. The van der Waals surface area contributed by atoms with Gasteiger partial charge in [0.15, 0.2) is 0 Å². The van der Waals surface area contributed by atoms with Crippen LogP contribution in [0.15, 0.2) is 12.1 Å². The van der Waals surface area contributed by atoms with Crippen LogP contribution in [0, 0.1) is 10.1 Å². The molecule has 0 fully saturated rings. The molecule has 1 amide bonds. The zero-order valence-electron chi connectivity index (χ0n) is 6.66. The van der Waals surface area contributed by atoms with Gasteiger partial charge in [-0.3, -0.25) is 14.9 Å². The molecule has 0 spiro atoms. The van der Waals surface area contributed by atoms with E-state index in [0.29, 0.717) is 0 Å². The molecule has 0 saturated heterocycles. The van der Waals surface area contributed by atoms with Crippen molar-refractivity contribution in [3.05, 3.63) is 37.9 Å². The summed E-state index contributed by atoms with van der Waals surface area (Å²) in [5.74, 6) is -0.982. The number of halogens is 2. The van der Waals surface area contributed by atoms with Crippen LogP contribution in [0.5, 0.6) is 0 Å². The molecule has 74 valence electrons. The molecule has 0 unspecified atom stereocenters. The summed E-state index contributed by atoms with van der Waals surface area (Å²) in [5.41, 5.74) is 4.00. The minimum atomic E-state index is -0.982. The number of amides is 1. The van der Waals surface area contributed by atoms with Gasteiger partial charge in [-0.1, -0.05) is 23.2 Å². The first kappa shape index (κ1) is 10.7. The molecule has 0 saturated carbocycles. The Bertz CT molecular complexity index is 381. The first-order chi connectivity index (χ1) is 6.45. The smallest absolute Gasteiger partial charge is 0.302 e. The minimum absolute atomic E-state index is 0.0893. The van der Waals surface area contributed by atoms with Crippen molar-refractivity contribution in [2.45, 2.75) is 0 Å². The highest BCUT2D eigenvalue weighted by Gasteiger charge is 2.25. The van der Waals surface area contributed by atoms with Crippen LogP contribution in [0.4, 0.5) is 5.69 Å². The second-order valence-corrected chi connectivity index (χ2v) is 3.19. The largest absolute Gasteiger partial charge is 0.365 e. The molecule has 0 radical (unpaired) electrons. The number of rotatable bonds is 2. The summed E-state index contributed by atoms with van der Waals surface area (Å²) >= 11 is 11.1. The monoisotopic (exact) mass is 234 g/mol. The minimum Gasteiger partial charge on any atom is -0.365 e. The summed E-state index contributed by atoms with van der Waals surface area (Å²) in [6, 6.07) is 2.51. The topological polar surface area (TPSA) is 86.2 Å². The van der Waals surface area contributed by atoms with Gasteiger partial charge in [0.1, 0.15) is 10.6 Å². The molecule has 1 rings (SSSR count). The molecule has 2 N–H and O–H groups in total. The maximum absolute atomic E-state index is 10.9. The van der Waals surface area contributed by atoms with Crippen LogP contribution in [-0.4, -0.2) is 10.8 Å². The van der Waals surface area contributed by atoms with Crippen molar-refractivity contribution in [1.82, 2.24) is 0 Å². The molecule has 0 aliphatic heterocycles. The third kappa shape index (κ3) is 1.78. The number of carbonyl (C=O) groups is 1. The van der Waals surface area contributed by atoms with E-state index in [-0.39, 0.29) is 15.6 Å². The first-order valence-electron chi connectivity index (χ1n) is 3.37. The van der Waals surface area contributed by atoms with Crippen LogP contribution in [0.3, 0.4) is 0 Å². The van der Waals surface area contributed by atoms with Gasteiger partial charge in [0, 0.05) is 0 Å². The summed E-state index contributed by atoms with van der Waals surface area (Å²) in [7, 11) is 0.